The highest BCUT2D eigenvalue weighted by Crippen LogP contribution is 2.20. The Kier molecular flexibility index (Phi) is 3.59. The lowest BCUT2D eigenvalue weighted by Crippen LogP contribution is -2.53. The molecular weight excluding hydrogens is 192 g/mol. The summed E-state index contributed by atoms with van der Waals surface area (Å²) in [5.74, 6) is 0.858. The average molecular weight is 212 g/mol. The molecule has 1 unspecified atom stereocenters. The van der Waals surface area contributed by atoms with Gasteiger partial charge in [-0.3, -0.25) is 4.79 Å². The van der Waals surface area contributed by atoms with Crippen molar-refractivity contribution in [1.82, 2.24) is 10.2 Å². The second-order valence-electron chi connectivity index (χ2n) is 4.65. The van der Waals surface area contributed by atoms with Crippen molar-refractivity contribution in [2.45, 2.75) is 12.8 Å². The molecule has 4 heteroatoms. The van der Waals surface area contributed by atoms with Crippen LogP contribution >= 0.6 is 0 Å². The Labute approximate surface area is 91.0 Å². The van der Waals surface area contributed by atoms with Crippen LogP contribution < -0.4 is 5.32 Å². The zero-order valence-electron chi connectivity index (χ0n) is 9.37. The van der Waals surface area contributed by atoms with Crippen LogP contribution in [0.15, 0.2) is 0 Å². The Bertz CT molecular complexity index is 221. The van der Waals surface area contributed by atoms with Crippen LogP contribution in [0, 0.1) is 11.8 Å². The normalized spacial score (nSPS) is 28.5. The number of nitrogens with one attached hydrogen (secondary N) is 1. The van der Waals surface area contributed by atoms with E-state index in [1.807, 2.05) is 0 Å². The summed E-state index contributed by atoms with van der Waals surface area (Å²) in [5.41, 5.74) is 0. The highest BCUT2D eigenvalue weighted by molar-refractivity contribution is 5.73. The van der Waals surface area contributed by atoms with Crippen molar-refractivity contribution >= 4 is 5.97 Å². The Balaban J connectivity index is 1.64. The van der Waals surface area contributed by atoms with E-state index in [0.717, 1.165) is 32.1 Å². The van der Waals surface area contributed by atoms with Crippen LogP contribution in [-0.4, -0.2) is 50.7 Å². The molecule has 0 bridgehead atoms. The fourth-order valence-corrected chi connectivity index (χ4v) is 2.48. The molecule has 2 aliphatic rings. The third-order valence-corrected chi connectivity index (χ3v) is 3.41. The average Bonchev–Trinajstić information content (AvgIpc) is 2.23. The van der Waals surface area contributed by atoms with Crippen LogP contribution in [0.3, 0.4) is 0 Å². The first-order valence-corrected chi connectivity index (χ1v) is 5.80. The first-order chi connectivity index (χ1) is 7.29. The fraction of sp³-hybridized carbons (Fsp3) is 0.909. The van der Waals surface area contributed by atoms with Gasteiger partial charge in [-0.25, -0.2) is 0 Å². The fourth-order valence-electron chi connectivity index (χ4n) is 2.48. The number of piperidine rings is 1. The Morgan fingerprint density at radius 3 is 2.93 bits per heavy atom. The quantitative estimate of drug-likeness (QED) is 0.673. The van der Waals surface area contributed by atoms with Gasteiger partial charge in [-0.1, -0.05) is 0 Å². The molecule has 0 aliphatic carbocycles. The molecule has 0 aromatic heterocycles. The van der Waals surface area contributed by atoms with Gasteiger partial charge in [0.1, 0.15) is 0 Å². The van der Waals surface area contributed by atoms with Crippen LogP contribution in [0.2, 0.25) is 0 Å². The first-order valence-electron chi connectivity index (χ1n) is 5.80. The third kappa shape index (κ3) is 2.69. The van der Waals surface area contributed by atoms with E-state index in [0.29, 0.717) is 0 Å². The van der Waals surface area contributed by atoms with E-state index in [9.17, 15) is 4.79 Å². The van der Waals surface area contributed by atoms with Gasteiger partial charge in [0.05, 0.1) is 13.0 Å². The molecule has 0 aromatic carbocycles. The number of carbonyl (C=O) groups is 1. The molecular formula is C11H20N2O2. The molecule has 4 nitrogen and oxygen atoms in total. The summed E-state index contributed by atoms with van der Waals surface area (Å²) in [6.07, 6.45) is 2.62. The van der Waals surface area contributed by atoms with Crippen LogP contribution in [0.5, 0.6) is 0 Å². The van der Waals surface area contributed by atoms with Crippen LogP contribution in [0.25, 0.3) is 0 Å². The summed E-state index contributed by atoms with van der Waals surface area (Å²) in [6.45, 7) is 5.23. The molecule has 2 aliphatic heterocycles. The summed E-state index contributed by atoms with van der Waals surface area (Å²) in [6, 6.07) is 0. The van der Waals surface area contributed by atoms with E-state index in [4.69, 9.17) is 4.74 Å². The van der Waals surface area contributed by atoms with Gasteiger partial charge in [0.25, 0.3) is 0 Å². The van der Waals surface area contributed by atoms with E-state index in [2.05, 4.69) is 10.2 Å². The molecule has 2 heterocycles. The Morgan fingerprint density at radius 2 is 2.33 bits per heavy atom. The summed E-state index contributed by atoms with van der Waals surface area (Å²) in [7, 11) is 1.47. The molecule has 1 N–H and O–H groups in total. The SMILES string of the molecule is COC(=O)C1CN(CC2CCCNC2)C1. The molecule has 15 heavy (non-hydrogen) atoms. The number of rotatable bonds is 3. The van der Waals surface area contributed by atoms with Crippen molar-refractivity contribution in [3.63, 3.8) is 0 Å². The van der Waals surface area contributed by atoms with Gasteiger partial charge >= 0.3 is 5.97 Å². The topological polar surface area (TPSA) is 41.6 Å². The van der Waals surface area contributed by atoms with Crippen LogP contribution in [-0.2, 0) is 9.53 Å². The van der Waals surface area contributed by atoms with Gasteiger partial charge in [-0.2, -0.15) is 0 Å². The molecule has 86 valence electrons. The molecule has 2 rings (SSSR count). The highest BCUT2D eigenvalue weighted by Gasteiger charge is 2.34. The summed E-state index contributed by atoms with van der Waals surface area (Å²) in [4.78, 5) is 13.5. The third-order valence-electron chi connectivity index (χ3n) is 3.41. The second-order valence-corrected chi connectivity index (χ2v) is 4.65. The molecule has 0 aromatic rings. The molecule has 2 saturated heterocycles. The number of methoxy groups -OCH3 is 1. The first kappa shape index (κ1) is 10.9. The van der Waals surface area contributed by atoms with E-state index in [-0.39, 0.29) is 11.9 Å². The second kappa shape index (κ2) is 4.94. The number of nitrogens with zero attached hydrogens (tertiary/aromatic N) is 1. The highest BCUT2D eigenvalue weighted by atomic mass is 16.5. The molecule has 2 fully saturated rings. The molecule has 1 atom stereocenters. The van der Waals surface area contributed by atoms with Gasteiger partial charge in [0.15, 0.2) is 0 Å². The lowest BCUT2D eigenvalue weighted by molar-refractivity contribution is -0.151. The van der Waals surface area contributed by atoms with E-state index < -0.39 is 0 Å². The number of carbonyl (C=O) groups excluding carboxylic acids is 1. The van der Waals surface area contributed by atoms with Crippen molar-refractivity contribution in [2.75, 3.05) is 39.8 Å². The van der Waals surface area contributed by atoms with Gasteiger partial charge in [-0.05, 0) is 31.8 Å². The lowest BCUT2D eigenvalue weighted by Gasteiger charge is -2.40. The summed E-state index contributed by atoms with van der Waals surface area (Å²) in [5, 5.41) is 3.42. The number of hydrogen-bond donors (Lipinski definition) is 1. The molecule has 0 radical (unpaired) electrons. The van der Waals surface area contributed by atoms with Gasteiger partial charge < -0.3 is 15.0 Å². The van der Waals surface area contributed by atoms with Crippen molar-refractivity contribution in [1.29, 1.82) is 0 Å². The smallest absolute Gasteiger partial charge is 0.311 e. The van der Waals surface area contributed by atoms with Gasteiger partial charge in [0.2, 0.25) is 0 Å². The Morgan fingerprint density at radius 1 is 1.53 bits per heavy atom. The lowest BCUT2D eigenvalue weighted by atomic mass is 9.94. The molecule has 0 saturated carbocycles. The maximum absolute atomic E-state index is 11.2. The number of ether oxygens (including phenoxy) is 1. The van der Waals surface area contributed by atoms with Crippen LogP contribution in [0.1, 0.15) is 12.8 Å². The Hall–Kier alpha value is -0.610. The van der Waals surface area contributed by atoms with Crippen molar-refractivity contribution in [3.8, 4) is 0 Å². The standard InChI is InChI=1S/C11H20N2O2/c1-15-11(14)10-7-13(8-10)6-9-3-2-4-12-5-9/h9-10,12H,2-8H2,1H3. The van der Waals surface area contributed by atoms with Gasteiger partial charge in [-0.15, -0.1) is 0 Å². The zero-order valence-corrected chi connectivity index (χ0v) is 9.37. The largest absolute Gasteiger partial charge is 0.469 e. The summed E-state index contributed by atoms with van der Waals surface area (Å²) < 4.78 is 4.71. The predicted octanol–water partition coefficient (Wildman–Crippen LogP) is 0.0908. The monoisotopic (exact) mass is 212 g/mol. The van der Waals surface area contributed by atoms with E-state index in [1.165, 1.54) is 26.5 Å². The van der Waals surface area contributed by atoms with E-state index >= 15 is 0 Å². The maximum atomic E-state index is 11.2. The van der Waals surface area contributed by atoms with Crippen molar-refractivity contribution < 1.29 is 9.53 Å². The number of hydrogen-bond acceptors (Lipinski definition) is 4. The minimum atomic E-state index is -0.0481. The number of likely N-dealkylation sites (tertiary alicyclic amines) is 1. The predicted molar refractivity (Wildman–Crippen MR) is 57.5 cm³/mol. The van der Waals surface area contributed by atoms with Crippen LogP contribution in [0.4, 0.5) is 0 Å². The zero-order chi connectivity index (χ0) is 10.7. The number of esters is 1. The summed E-state index contributed by atoms with van der Waals surface area (Å²) >= 11 is 0. The van der Waals surface area contributed by atoms with E-state index in [1.54, 1.807) is 0 Å². The minimum Gasteiger partial charge on any atom is -0.469 e. The van der Waals surface area contributed by atoms with Crippen molar-refractivity contribution in [2.24, 2.45) is 11.8 Å². The van der Waals surface area contributed by atoms with Crippen molar-refractivity contribution in [3.05, 3.63) is 0 Å². The molecule has 0 spiro atoms. The minimum absolute atomic E-state index is 0.0481. The molecule has 0 amide bonds. The maximum Gasteiger partial charge on any atom is 0.311 e. The van der Waals surface area contributed by atoms with Gasteiger partial charge in [0, 0.05) is 19.6 Å².